The normalized spacial score (nSPS) is 28.1. The third-order valence-electron chi connectivity index (χ3n) is 4.92. The van der Waals surface area contributed by atoms with Crippen LogP contribution in [0.2, 0.25) is 0 Å². The lowest BCUT2D eigenvalue weighted by Gasteiger charge is -2.24. The molecule has 0 radical (unpaired) electrons. The average Bonchev–Trinajstić information content (AvgIpc) is 3.08. The first kappa shape index (κ1) is 16.0. The molecule has 126 valence electrons. The van der Waals surface area contributed by atoms with Crippen LogP contribution in [0, 0.1) is 11.3 Å². The molecule has 8 nitrogen and oxygen atoms in total. The molecule has 2 atom stereocenters. The van der Waals surface area contributed by atoms with Gasteiger partial charge in [0.05, 0.1) is 6.26 Å². The van der Waals surface area contributed by atoms with Gasteiger partial charge in [0.1, 0.15) is 11.1 Å². The molecule has 2 aliphatic rings. The van der Waals surface area contributed by atoms with Crippen LogP contribution in [-0.4, -0.2) is 71.6 Å². The van der Waals surface area contributed by atoms with E-state index in [1.165, 1.54) is 9.21 Å². The average molecular weight is 341 g/mol. The summed E-state index contributed by atoms with van der Waals surface area (Å²) in [4.78, 5) is 25.9. The molecule has 1 aromatic rings. The number of amides is 1. The number of carboxylic acid groups (broad SMARTS) is 1. The molecular weight excluding hydrogens is 322 g/mol. The first-order valence-corrected chi connectivity index (χ1v) is 9.09. The summed E-state index contributed by atoms with van der Waals surface area (Å²) in [7, 11) is -1.69. The summed E-state index contributed by atoms with van der Waals surface area (Å²) < 4.78 is 26.3. The van der Waals surface area contributed by atoms with Crippen LogP contribution in [0.1, 0.15) is 10.5 Å². The zero-order chi connectivity index (χ0) is 17.0. The minimum Gasteiger partial charge on any atom is -0.481 e. The van der Waals surface area contributed by atoms with Crippen molar-refractivity contribution >= 4 is 21.9 Å². The van der Waals surface area contributed by atoms with Gasteiger partial charge in [-0.3, -0.25) is 9.59 Å². The monoisotopic (exact) mass is 341 g/mol. The van der Waals surface area contributed by atoms with E-state index >= 15 is 0 Å². The Balaban J connectivity index is 1.87. The number of aryl methyl sites for hydroxylation is 1. The van der Waals surface area contributed by atoms with E-state index in [2.05, 4.69) is 0 Å². The fraction of sp³-hybridized carbons (Fsp3) is 0.571. The Morgan fingerprint density at radius 1 is 1.30 bits per heavy atom. The first-order chi connectivity index (χ1) is 10.6. The Hall–Kier alpha value is -1.87. The number of carboxylic acids is 1. The number of aromatic nitrogens is 1. The van der Waals surface area contributed by atoms with Crippen LogP contribution < -0.4 is 0 Å². The molecule has 0 aliphatic carbocycles. The second kappa shape index (κ2) is 5.07. The maximum atomic E-state index is 12.6. The van der Waals surface area contributed by atoms with Crippen molar-refractivity contribution in [1.29, 1.82) is 0 Å². The number of rotatable bonds is 3. The predicted octanol–water partition coefficient (Wildman–Crippen LogP) is -0.557. The lowest BCUT2D eigenvalue weighted by atomic mass is 9.81. The van der Waals surface area contributed by atoms with E-state index in [-0.39, 0.29) is 38.0 Å². The molecule has 1 N–H and O–H groups in total. The molecule has 0 bridgehead atoms. The van der Waals surface area contributed by atoms with E-state index in [1.807, 2.05) is 0 Å². The van der Waals surface area contributed by atoms with Crippen molar-refractivity contribution in [2.75, 3.05) is 32.4 Å². The molecule has 0 aromatic carbocycles. The standard InChI is InChI=1S/C14H19N3O5S/c1-15-5-3-4-11(15)12(18)16-6-10-7-17(23(2,21)22)9-14(10,8-16)13(19)20/h3-5,10H,6-9H2,1-2H3,(H,19,20)/t10-,14-/m0/s1. The number of sulfonamides is 1. The van der Waals surface area contributed by atoms with Crippen molar-refractivity contribution in [1.82, 2.24) is 13.8 Å². The number of fused-ring (bicyclic) bond motifs is 1. The maximum absolute atomic E-state index is 12.6. The van der Waals surface area contributed by atoms with Crippen molar-refractivity contribution < 1.29 is 23.1 Å². The fourth-order valence-corrected chi connectivity index (χ4v) is 4.49. The second-order valence-electron chi connectivity index (χ2n) is 6.40. The molecule has 3 rings (SSSR count). The zero-order valence-corrected chi connectivity index (χ0v) is 13.8. The van der Waals surface area contributed by atoms with Crippen LogP contribution in [0.3, 0.4) is 0 Å². The molecule has 1 aromatic heterocycles. The van der Waals surface area contributed by atoms with Crippen molar-refractivity contribution in [3.05, 3.63) is 24.0 Å². The molecular formula is C14H19N3O5S. The summed E-state index contributed by atoms with van der Waals surface area (Å²) >= 11 is 0. The van der Waals surface area contributed by atoms with E-state index in [0.717, 1.165) is 6.26 Å². The number of hydrogen-bond donors (Lipinski definition) is 1. The minimum atomic E-state index is -3.44. The van der Waals surface area contributed by atoms with Gasteiger partial charge in [0.25, 0.3) is 5.91 Å². The van der Waals surface area contributed by atoms with Crippen LogP contribution in [0.15, 0.2) is 18.3 Å². The summed E-state index contributed by atoms with van der Waals surface area (Å²) in [5.74, 6) is -1.66. The highest BCUT2D eigenvalue weighted by atomic mass is 32.2. The zero-order valence-electron chi connectivity index (χ0n) is 13.0. The van der Waals surface area contributed by atoms with Crippen molar-refractivity contribution in [2.45, 2.75) is 0 Å². The lowest BCUT2D eigenvalue weighted by molar-refractivity contribution is -0.148. The molecule has 1 amide bonds. The molecule has 0 unspecified atom stereocenters. The molecule has 2 aliphatic heterocycles. The molecule has 2 fully saturated rings. The summed E-state index contributed by atoms with van der Waals surface area (Å²) in [6, 6.07) is 3.44. The van der Waals surface area contributed by atoms with E-state index in [0.29, 0.717) is 5.69 Å². The number of likely N-dealkylation sites (tertiary alicyclic amines) is 1. The van der Waals surface area contributed by atoms with Gasteiger partial charge in [-0.2, -0.15) is 0 Å². The SMILES string of the molecule is Cn1cccc1C(=O)N1C[C@H]2CN(S(C)(=O)=O)C[C@@]2(C(=O)O)C1. The molecule has 23 heavy (non-hydrogen) atoms. The third-order valence-corrected chi connectivity index (χ3v) is 6.14. The van der Waals surface area contributed by atoms with Gasteiger partial charge >= 0.3 is 5.97 Å². The van der Waals surface area contributed by atoms with E-state index in [9.17, 15) is 23.1 Å². The van der Waals surface area contributed by atoms with Gasteiger partial charge in [0, 0.05) is 45.3 Å². The number of aliphatic carboxylic acids is 1. The van der Waals surface area contributed by atoms with Crippen LogP contribution in [-0.2, 0) is 21.9 Å². The van der Waals surface area contributed by atoms with E-state index < -0.39 is 21.4 Å². The third kappa shape index (κ3) is 2.43. The van der Waals surface area contributed by atoms with Crippen LogP contribution in [0.25, 0.3) is 0 Å². The Bertz CT molecular complexity index is 771. The number of hydrogen-bond acceptors (Lipinski definition) is 4. The topological polar surface area (TPSA) is 99.9 Å². The van der Waals surface area contributed by atoms with E-state index in [4.69, 9.17) is 0 Å². The highest BCUT2D eigenvalue weighted by Crippen LogP contribution is 2.44. The smallest absolute Gasteiger partial charge is 0.313 e. The largest absolute Gasteiger partial charge is 0.481 e. The Labute approximate surface area is 134 Å². The minimum absolute atomic E-state index is 0.0308. The van der Waals surface area contributed by atoms with E-state index in [1.54, 1.807) is 29.9 Å². The fourth-order valence-electron chi connectivity index (χ4n) is 3.57. The number of carbonyl (C=O) groups excluding carboxylic acids is 1. The Morgan fingerprint density at radius 2 is 2.00 bits per heavy atom. The Morgan fingerprint density at radius 3 is 2.48 bits per heavy atom. The van der Waals surface area contributed by atoms with Gasteiger partial charge < -0.3 is 14.6 Å². The molecule has 0 saturated carbocycles. The van der Waals surface area contributed by atoms with Gasteiger partial charge in [-0.25, -0.2) is 12.7 Å². The van der Waals surface area contributed by atoms with Crippen molar-refractivity contribution in [3.63, 3.8) is 0 Å². The lowest BCUT2D eigenvalue weighted by Crippen LogP contribution is -2.43. The van der Waals surface area contributed by atoms with Gasteiger partial charge in [-0.1, -0.05) is 0 Å². The number of carbonyl (C=O) groups is 2. The predicted molar refractivity (Wildman–Crippen MR) is 81.3 cm³/mol. The second-order valence-corrected chi connectivity index (χ2v) is 8.39. The van der Waals surface area contributed by atoms with Gasteiger partial charge in [0.2, 0.25) is 10.0 Å². The van der Waals surface area contributed by atoms with Crippen LogP contribution in [0.4, 0.5) is 0 Å². The Kier molecular flexibility index (Phi) is 3.53. The first-order valence-electron chi connectivity index (χ1n) is 7.24. The summed E-state index contributed by atoms with van der Waals surface area (Å²) in [5, 5.41) is 9.68. The van der Waals surface area contributed by atoms with Crippen LogP contribution >= 0.6 is 0 Å². The highest BCUT2D eigenvalue weighted by Gasteiger charge is 2.60. The summed E-state index contributed by atoms with van der Waals surface area (Å²) in [6.45, 7) is 0.343. The highest BCUT2D eigenvalue weighted by molar-refractivity contribution is 7.88. The summed E-state index contributed by atoms with van der Waals surface area (Å²) in [5.41, 5.74) is -0.727. The quantitative estimate of drug-likeness (QED) is 0.795. The molecule has 9 heteroatoms. The van der Waals surface area contributed by atoms with Gasteiger partial charge in [-0.15, -0.1) is 0 Å². The maximum Gasteiger partial charge on any atom is 0.313 e. The van der Waals surface area contributed by atoms with Gasteiger partial charge in [-0.05, 0) is 12.1 Å². The molecule has 2 saturated heterocycles. The number of nitrogens with zero attached hydrogens (tertiary/aromatic N) is 3. The molecule has 0 spiro atoms. The summed E-state index contributed by atoms with van der Waals surface area (Å²) in [6.07, 6.45) is 2.83. The van der Waals surface area contributed by atoms with Crippen molar-refractivity contribution in [2.24, 2.45) is 18.4 Å². The van der Waals surface area contributed by atoms with Crippen LogP contribution in [0.5, 0.6) is 0 Å². The van der Waals surface area contributed by atoms with Crippen molar-refractivity contribution in [3.8, 4) is 0 Å². The van der Waals surface area contributed by atoms with Gasteiger partial charge in [0.15, 0.2) is 0 Å². The molecule has 3 heterocycles.